The second-order valence-corrected chi connectivity index (χ2v) is 4.87. The Hall–Kier alpha value is -2.96. The summed E-state index contributed by atoms with van der Waals surface area (Å²) >= 11 is 0. The number of benzene rings is 2. The molecule has 0 unspecified atom stereocenters. The van der Waals surface area contributed by atoms with Gasteiger partial charge >= 0.3 is 12.1 Å². The molecule has 25 heavy (non-hydrogen) atoms. The molecule has 0 N–H and O–H groups in total. The van der Waals surface area contributed by atoms with Crippen LogP contribution < -0.4 is 9.62 Å². The van der Waals surface area contributed by atoms with Crippen molar-refractivity contribution in [2.24, 2.45) is 0 Å². The molecule has 2 aromatic rings. The molecule has 0 aliphatic rings. The van der Waals surface area contributed by atoms with Crippen molar-refractivity contribution in [2.45, 2.75) is 19.5 Å². The number of carbonyl (C=O) groups is 1. The average Bonchev–Trinajstić information content (AvgIpc) is 2.60. The third-order valence-corrected chi connectivity index (χ3v) is 2.96. The Morgan fingerprint density at radius 1 is 1.00 bits per heavy atom. The van der Waals surface area contributed by atoms with Crippen LogP contribution in [0.5, 0.6) is 11.5 Å². The lowest BCUT2D eigenvalue weighted by atomic mass is 10.2. The van der Waals surface area contributed by atoms with E-state index < -0.39 is 17.7 Å². The summed E-state index contributed by atoms with van der Waals surface area (Å²) < 4.78 is 42.9. The summed E-state index contributed by atoms with van der Waals surface area (Å²) in [6.45, 7) is 1.80. The van der Waals surface area contributed by atoms with Gasteiger partial charge in [0.2, 0.25) is 5.76 Å². The van der Waals surface area contributed by atoms with Crippen molar-refractivity contribution in [2.75, 3.05) is 0 Å². The van der Waals surface area contributed by atoms with Crippen molar-refractivity contribution >= 4 is 5.97 Å². The largest absolute Gasteiger partial charge is 0.450 e. The maximum atomic E-state index is 12.5. The number of halogens is 3. The number of carbonyl (C=O) groups excluding carboxylic acids is 1. The average molecular weight is 352 g/mol. The van der Waals surface area contributed by atoms with Crippen LogP contribution >= 0.6 is 0 Å². The van der Waals surface area contributed by atoms with Crippen LogP contribution in [0.15, 0.2) is 66.4 Å². The molecule has 0 aliphatic heterocycles. The Kier molecular flexibility index (Phi) is 6.05. The van der Waals surface area contributed by atoms with Crippen LogP contribution in [0, 0.1) is 0 Å². The molecule has 0 bridgehead atoms. The molecule has 0 saturated carbocycles. The van der Waals surface area contributed by atoms with Crippen LogP contribution in [0.3, 0.4) is 0 Å². The molecule has 0 amide bonds. The van der Waals surface area contributed by atoms with E-state index in [1.165, 1.54) is 6.08 Å². The normalized spacial score (nSPS) is 11.8. The van der Waals surface area contributed by atoms with Gasteiger partial charge in [-0.1, -0.05) is 25.1 Å². The Morgan fingerprint density at radius 3 is 2.20 bits per heavy atom. The van der Waals surface area contributed by atoms with Gasteiger partial charge in [-0.05, 0) is 48.9 Å². The van der Waals surface area contributed by atoms with Crippen molar-refractivity contribution in [3.05, 3.63) is 72.0 Å². The van der Waals surface area contributed by atoms with Crippen LogP contribution in [0.4, 0.5) is 13.2 Å². The zero-order valence-electron chi connectivity index (χ0n) is 13.2. The van der Waals surface area contributed by atoms with E-state index in [2.05, 4.69) is 4.89 Å². The molecule has 7 heteroatoms. The van der Waals surface area contributed by atoms with Gasteiger partial charge in [-0.25, -0.2) is 9.68 Å². The summed E-state index contributed by atoms with van der Waals surface area (Å²) in [6.07, 6.45) is -2.43. The van der Waals surface area contributed by atoms with Crippen LogP contribution in [0.1, 0.15) is 18.9 Å². The van der Waals surface area contributed by atoms with E-state index in [4.69, 9.17) is 9.62 Å². The lowest BCUT2D eigenvalue weighted by Gasteiger charge is -2.10. The lowest BCUT2D eigenvalue weighted by Crippen LogP contribution is -2.15. The first-order chi connectivity index (χ1) is 11.9. The predicted octanol–water partition coefficient (Wildman–Crippen LogP) is 4.92. The van der Waals surface area contributed by atoms with Gasteiger partial charge in [-0.15, -0.1) is 0 Å². The van der Waals surface area contributed by atoms with Gasteiger partial charge in [-0.3, -0.25) is 4.89 Å². The van der Waals surface area contributed by atoms with Crippen molar-refractivity contribution in [1.82, 2.24) is 0 Å². The zero-order valence-corrected chi connectivity index (χ0v) is 13.2. The first kappa shape index (κ1) is 18.4. The minimum absolute atomic E-state index is 0.0445. The molecular weight excluding hydrogens is 337 g/mol. The maximum absolute atomic E-state index is 12.5. The first-order valence-electron chi connectivity index (χ1n) is 7.39. The quantitative estimate of drug-likeness (QED) is 0.321. The van der Waals surface area contributed by atoms with E-state index in [1.807, 2.05) is 0 Å². The van der Waals surface area contributed by atoms with Crippen LogP contribution in [0.2, 0.25) is 0 Å². The summed E-state index contributed by atoms with van der Waals surface area (Å²) in [7, 11) is 0. The number of hydrogen-bond acceptors (Lipinski definition) is 4. The Labute approximate surface area is 142 Å². The molecule has 0 saturated heterocycles. The summed E-state index contributed by atoms with van der Waals surface area (Å²) in [4.78, 5) is 21.4. The van der Waals surface area contributed by atoms with Crippen LogP contribution in [-0.4, -0.2) is 5.97 Å². The Morgan fingerprint density at radius 2 is 1.64 bits per heavy atom. The van der Waals surface area contributed by atoms with Crippen molar-refractivity contribution in [1.29, 1.82) is 0 Å². The van der Waals surface area contributed by atoms with E-state index in [1.54, 1.807) is 37.3 Å². The molecule has 4 nitrogen and oxygen atoms in total. The topological polar surface area (TPSA) is 44.8 Å². The van der Waals surface area contributed by atoms with Crippen molar-refractivity contribution in [3.8, 4) is 11.5 Å². The number of para-hydroxylation sites is 1. The Balaban J connectivity index is 1.98. The summed E-state index contributed by atoms with van der Waals surface area (Å²) in [5.41, 5.74) is -0.829. The molecule has 0 atom stereocenters. The lowest BCUT2D eigenvalue weighted by molar-refractivity contribution is -0.211. The third-order valence-electron chi connectivity index (χ3n) is 2.96. The molecule has 2 aromatic carbocycles. The number of allylic oxidation sites excluding steroid dienone is 1. The van der Waals surface area contributed by atoms with Crippen LogP contribution in [0.25, 0.3) is 0 Å². The highest BCUT2D eigenvalue weighted by Crippen LogP contribution is 2.30. The third kappa shape index (κ3) is 5.56. The summed E-state index contributed by atoms with van der Waals surface area (Å²) in [6, 6.07) is 12.3. The predicted molar refractivity (Wildman–Crippen MR) is 83.6 cm³/mol. The fraction of sp³-hybridized carbons (Fsp3) is 0.167. The van der Waals surface area contributed by atoms with Crippen molar-refractivity contribution in [3.63, 3.8) is 0 Å². The van der Waals surface area contributed by atoms with Crippen LogP contribution in [-0.2, 0) is 15.9 Å². The van der Waals surface area contributed by atoms with E-state index in [-0.39, 0.29) is 11.5 Å². The highest BCUT2D eigenvalue weighted by atomic mass is 19.4. The van der Waals surface area contributed by atoms with Gasteiger partial charge in [0, 0.05) is 0 Å². The minimum Gasteiger partial charge on any atom is -0.450 e. The molecular formula is C18H15F3O4. The molecule has 0 aliphatic carbocycles. The standard InChI is InChI=1S/C18H15F3O4/c1-2-6-16(23-14-7-4-3-5-8-14)17(22)25-24-15-11-9-13(10-12-15)18(19,20)21/h3-12H,2H2,1H3. The zero-order chi connectivity index (χ0) is 18.3. The van der Waals surface area contributed by atoms with Gasteiger partial charge in [0.05, 0.1) is 5.56 Å². The minimum atomic E-state index is -4.45. The molecule has 2 rings (SSSR count). The maximum Gasteiger partial charge on any atom is 0.420 e. The second kappa shape index (κ2) is 8.23. The molecule has 132 valence electrons. The molecule has 0 spiro atoms. The summed E-state index contributed by atoms with van der Waals surface area (Å²) in [5.74, 6) is -0.586. The highest BCUT2D eigenvalue weighted by molar-refractivity contribution is 5.86. The smallest absolute Gasteiger partial charge is 0.420 e. The number of alkyl halides is 3. The van der Waals surface area contributed by atoms with E-state index in [9.17, 15) is 18.0 Å². The fourth-order valence-electron chi connectivity index (χ4n) is 1.79. The van der Waals surface area contributed by atoms with Gasteiger partial charge in [0.25, 0.3) is 0 Å². The monoisotopic (exact) mass is 352 g/mol. The number of ether oxygens (including phenoxy) is 1. The second-order valence-electron chi connectivity index (χ2n) is 4.87. The van der Waals surface area contributed by atoms with Gasteiger partial charge in [0.1, 0.15) is 5.75 Å². The highest BCUT2D eigenvalue weighted by Gasteiger charge is 2.30. The first-order valence-corrected chi connectivity index (χ1v) is 7.39. The number of hydrogen-bond donors (Lipinski definition) is 0. The van der Waals surface area contributed by atoms with E-state index >= 15 is 0 Å². The molecule has 0 radical (unpaired) electrons. The summed E-state index contributed by atoms with van der Waals surface area (Å²) in [5, 5.41) is 0. The molecule has 0 aromatic heterocycles. The fourth-order valence-corrected chi connectivity index (χ4v) is 1.79. The SMILES string of the molecule is CCC=C(Oc1ccccc1)C(=O)OOc1ccc(C(F)(F)F)cc1. The van der Waals surface area contributed by atoms with Gasteiger partial charge in [-0.2, -0.15) is 13.2 Å². The van der Waals surface area contributed by atoms with E-state index in [0.29, 0.717) is 12.2 Å². The van der Waals surface area contributed by atoms with Gasteiger partial charge in [0.15, 0.2) is 5.75 Å². The van der Waals surface area contributed by atoms with Crippen molar-refractivity contribution < 1.29 is 32.5 Å². The van der Waals surface area contributed by atoms with Gasteiger partial charge < -0.3 is 4.74 Å². The molecule has 0 fully saturated rings. The Bertz CT molecular complexity index is 722. The molecule has 0 heterocycles. The number of rotatable bonds is 6. The van der Waals surface area contributed by atoms with E-state index in [0.717, 1.165) is 24.3 Å².